The third kappa shape index (κ3) is 3.54. The molecule has 0 aliphatic carbocycles. The Labute approximate surface area is 121 Å². The molecule has 0 bridgehead atoms. The fourth-order valence-corrected chi connectivity index (χ4v) is 2.94. The van der Waals surface area contributed by atoms with Crippen LogP contribution in [0.2, 0.25) is 5.02 Å². The molecule has 19 heavy (non-hydrogen) atoms. The van der Waals surface area contributed by atoms with Gasteiger partial charge >= 0.3 is 0 Å². The highest BCUT2D eigenvalue weighted by Gasteiger charge is 2.19. The summed E-state index contributed by atoms with van der Waals surface area (Å²) >= 11 is 7.59. The van der Waals surface area contributed by atoms with Gasteiger partial charge in [-0.3, -0.25) is 4.90 Å². The molecule has 0 amide bonds. The molecule has 0 fully saturated rings. The Balaban J connectivity index is 2.21. The number of nitrogens with zero attached hydrogens (tertiary/aromatic N) is 1. The van der Waals surface area contributed by atoms with Gasteiger partial charge in [0.1, 0.15) is 5.82 Å². The van der Waals surface area contributed by atoms with E-state index >= 15 is 0 Å². The van der Waals surface area contributed by atoms with E-state index in [2.05, 4.69) is 11.4 Å². The summed E-state index contributed by atoms with van der Waals surface area (Å²) in [5.41, 5.74) is 7.56. The number of rotatable bonds is 5. The van der Waals surface area contributed by atoms with E-state index in [9.17, 15) is 4.39 Å². The number of nitrogens with two attached hydrogens (primary N) is 1. The van der Waals surface area contributed by atoms with Gasteiger partial charge in [0.25, 0.3) is 0 Å². The first-order chi connectivity index (χ1) is 9.11. The molecular weight excluding hydrogens is 283 g/mol. The maximum atomic E-state index is 13.9. The lowest BCUT2D eigenvalue weighted by atomic mass is 10.0. The molecule has 2 aromatic rings. The predicted octanol–water partition coefficient (Wildman–Crippen LogP) is 3.67. The molecule has 0 spiro atoms. The van der Waals surface area contributed by atoms with Crippen LogP contribution < -0.4 is 5.73 Å². The lowest BCUT2D eigenvalue weighted by molar-refractivity contribution is 0.237. The van der Waals surface area contributed by atoms with E-state index in [1.807, 2.05) is 17.3 Å². The second kappa shape index (κ2) is 6.48. The van der Waals surface area contributed by atoms with Crippen LogP contribution in [-0.2, 0) is 6.54 Å². The molecule has 1 heterocycles. The molecule has 0 saturated heterocycles. The van der Waals surface area contributed by atoms with Gasteiger partial charge in [0.15, 0.2) is 0 Å². The SMILES string of the molecule is CN(Cc1ccsc1)C(CN)c1cc(Cl)ccc1F. The lowest BCUT2D eigenvalue weighted by Crippen LogP contribution is -2.30. The van der Waals surface area contributed by atoms with E-state index in [1.54, 1.807) is 23.5 Å². The normalized spacial score (nSPS) is 12.9. The molecule has 2 rings (SSSR count). The number of benzene rings is 1. The van der Waals surface area contributed by atoms with Gasteiger partial charge in [0, 0.05) is 29.7 Å². The number of likely N-dealkylation sites (N-methyl/N-ethyl adjacent to an activating group) is 1. The standard InChI is InChI=1S/C14H16ClFN2S/c1-18(8-10-4-5-19-9-10)14(7-17)12-6-11(15)2-3-13(12)16/h2-6,9,14H,7-8,17H2,1H3. The highest BCUT2D eigenvalue weighted by molar-refractivity contribution is 7.07. The minimum atomic E-state index is -0.267. The Hall–Kier alpha value is -0.940. The van der Waals surface area contributed by atoms with Crippen LogP contribution in [0.5, 0.6) is 0 Å². The summed E-state index contributed by atoms with van der Waals surface area (Å²) in [5, 5.41) is 4.64. The largest absolute Gasteiger partial charge is 0.329 e. The van der Waals surface area contributed by atoms with Gasteiger partial charge in [-0.2, -0.15) is 11.3 Å². The second-order valence-electron chi connectivity index (χ2n) is 4.46. The van der Waals surface area contributed by atoms with Crippen molar-refractivity contribution in [2.45, 2.75) is 12.6 Å². The summed E-state index contributed by atoms with van der Waals surface area (Å²) in [6.45, 7) is 1.08. The van der Waals surface area contributed by atoms with E-state index in [0.29, 0.717) is 17.1 Å². The first kappa shape index (κ1) is 14.5. The van der Waals surface area contributed by atoms with Crippen molar-refractivity contribution in [1.82, 2.24) is 4.90 Å². The van der Waals surface area contributed by atoms with E-state index in [0.717, 1.165) is 6.54 Å². The summed E-state index contributed by atoms with van der Waals surface area (Å²) < 4.78 is 13.9. The minimum absolute atomic E-state index is 0.182. The van der Waals surface area contributed by atoms with Crippen LogP contribution in [0.25, 0.3) is 0 Å². The maximum Gasteiger partial charge on any atom is 0.128 e. The van der Waals surface area contributed by atoms with Gasteiger partial charge in [0.2, 0.25) is 0 Å². The number of hydrogen-bond acceptors (Lipinski definition) is 3. The highest BCUT2D eigenvalue weighted by Crippen LogP contribution is 2.26. The lowest BCUT2D eigenvalue weighted by Gasteiger charge is -2.27. The molecule has 0 aliphatic heterocycles. The molecule has 5 heteroatoms. The molecular formula is C14H16ClFN2S. The monoisotopic (exact) mass is 298 g/mol. The van der Waals surface area contributed by atoms with E-state index in [4.69, 9.17) is 17.3 Å². The second-order valence-corrected chi connectivity index (χ2v) is 5.68. The highest BCUT2D eigenvalue weighted by atomic mass is 35.5. The molecule has 1 atom stereocenters. The van der Waals surface area contributed by atoms with Gasteiger partial charge in [-0.05, 0) is 47.6 Å². The van der Waals surface area contributed by atoms with Crippen molar-refractivity contribution in [3.8, 4) is 0 Å². The summed E-state index contributed by atoms with van der Waals surface area (Å²) in [7, 11) is 1.94. The van der Waals surface area contributed by atoms with Crippen LogP contribution in [-0.4, -0.2) is 18.5 Å². The summed E-state index contributed by atoms with van der Waals surface area (Å²) in [6.07, 6.45) is 0. The maximum absolute atomic E-state index is 13.9. The van der Waals surface area contributed by atoms with Gasteiger partial charge in [-0.25, -0.2) is 4.39 Å². The molecule has 102 valence electrons. The van der Waals surface area contributed by atoms with Crippen molar-refractivity contribution in [2.75, 3.05) is 13.6 Å². The summed E-state index contributed by atoms with van der Waals surface area (Å²) in [6, 6.07) is 6.46. The Bertz CT molecular complexity index is 530. The van der Waals surface area contributed by atoms with Crippen LogP contribution >= 0.6 is 22.9 Å². The topological polar surface area (TPSA) is 29.3 Å². The van der Waals surface area contributed by atoms with Crippen LogP contribution in [0.15, 0.2) is 35.0 Å². The quantitative estimate of drug-likeness (QED) is 0.912. The molecule has 0 saturated carbocycles. The predicted molar refractivity (Wildman–Crippen MR) is 79.0 cm³/mol. The molecule has 0 aliphatic rings. The zero-order valence-electron chi connectivity index (χ0n) is 10.6. The number of thiophene rings is 1. The van der Waals surface area contributed by atoms with E-state index < -0.39 is 0 Å². The summed E-state index contributed by atoms with van der Waals surface area (Å²) in [4.78, 5) is 2.04. The van der Waals surface area contributed by atoms with Crippen LogP contribution in [0.3, 0.4) is 0 Å². The first-order valence-electron chi connectivity index (χ1n) is 5.98. The third-order valence-electron chi connectivity index (χ3n) is 3.08. The fourth-order valence-electron chi connectivity index (χ4n) is 2.10. The fraction of sp³-hybridized carbons (Fsp3) is 0.286. The Kier molecular flexibility index (Phi) is 4.93. The van der Waals surface area contributed by atoms with Gasteiger partial charge < -0.3 is 5.73 Å². The zero-order chi connectivity index (χ0) is 13.8. The average Bonchev–Trinajstić information content (AvgIpc) is 2.87. The average molecular weight is 299 g/mol. The van der Waals surface area contributed by atoms with Crippen LogP contribution in [0, 0.1) is 5.82 Å². The van der Waals surface area contributed by atoms with Crippen molar-refractivity contribution in [3.05, 3.63) is 57.0 Å². The van der Waals surface area contributed by atoms with Crippen molar-refractivity contribution in [2.24, 2.45) is 5.73 Å². The molecule has 0 radical (unpaired) electrons. The zero-order valence-corrected chi connectivity index (χ0v) is 12.2. The molecule has 2 N–H and O–H groups in total. The van der Waals surface area contributed by atoms with Crippen LogP contribution in [0.1, 0.15) is 17.2 Å². The molecule has 1 aromatic carbocycles. The summed E-state index contributed by atoms with van der Waals surface area (Å²) in [5.74, 6) is -0.267. The molecule has 1 unspecified atom stereocenters. The molecule has 2 nitrogen and oxygen atoms in total. The Morgan fingerprint density at radius 2 is 2.21 bits per heavy atom. The van der Waals surface area contributed by atoms with Gasteiger partial charge in [-0.1, -0.05) is 11.6 Å². The first-order valence-corrected chi connectivity index (χ1v) is 7.30. The van der Waals surface area contributed by atoms with E-state index in [1.165, 1.54) is 11.6 Å². The Morgan fingerprint density at radius 1 is 1.42 bits per heavy atom. The number of halogens is 2. The minimum Gasteiger partial charge on any atom is -0.329 e. The van der Waals surface area contributed by atoms with Crippen LogP contribution in [0.4, 0.5) is 4.39 Å². The van der Waals surface area contributed by atoms with Crippen molar-refractivity contribution < 1.29 is 4.39 Å². The Morgan fingerprint density at radius 3 is 2.84 bits per heavy atom. The van der Waals surface area contributed by atoms with Gasteiger partial charge in [-0.15, -0.1) is 0 Å². The number of hydrogen-bond donors (Lipinski definition) is 1. The molecule has 1 aromatic heterocycles. The van der Waals surface area contributed by atoms with Crippen molar-refractivity contribution >= 4 is 22.9 Å². The third-order valence-corrected chi connectivity index (χ3v) is 4.05. The van der Waals surface area contributed by atoms with Gasteiger partial charge in [0.05, 0.1) is 0 Å². The van der Waals surface area contributed by atoms with E-state index in [-0.39, 0.29) is 11.9 Å². The smallest absolute Gasteiger partial charge is 0.128 e. The van der Waals surface area contributed by atoms with Crippen molar-refractivity contribution in [1.29, 1.82) is 0 Å². The van der Waals surface area contributed by atoms with Crippen molar-refractivity contribution in [3.63, 3.8) is 0 Å².